The Labute approximate surface area is 134 Å². The van der Waals surface area contributed by atoms with E-state index >= 15 is 0 Å². The second-order valence-electron chi connectivity index (χ2n) is 6.96. The Morgan fingerprint density at radius 2 is 1.50 bits per heavy atom. The maximum Gasteiger partial charge on any atom is 0.193 e. The molecule has 0 atom stereocenters. The highest BCUT2D eigenvalue weighted by Gasteiger charge is 2.37. The molecule has 0 unspecified atom stereocenters. The minimum atomic E-state index is -2.13. The number of rotatable bonds is 9. The van der Waals surface area contributed by atoms with Crippen LogP contribution in [0.25, 0.3) is 0 Å². The smallest absolute Gasteiger partial charge is 0.193 e. The molecule has 1 N–H and O–H groups in total. The van der Waals surface area contributed by atoms with Crippen molar-refractivity contribution in [2.75, 3.05) is 0 Å². The lowest BCUT2D eigenvalue weighted by atomic mass is 10.1. The van der Waals surface area contributed by atoms with E-state index in [1.54, 1.807) is 6.07 Å². The third kappa shape index (κ3) is 5.47. The molecule has 0 aliphatic rings. The number of aryl methyl sites for hydroxylation is 1. The first-order valence-electron chi connectivity index (χ1n) is 8.43. The first-order valence-corrected chi connectivity index (χ1v) is 10.7. The molecule has 0 fully saturated rings. The van der Waals surface area contributed by atoms with Crippen molar-refractivity contribution in [2.45, 2.75) is 76.9 Å². The molecule has 126 valence electrons. The van der Waals surface area contributed by atoms with Crippen LogP contribution < -0.4 is 0 Å². The molecule has 0 amide bonds. The van der Waals surface area contributed by atoms with E-state index in [1.165, 1.54) is 12.1 Å². The molecule has 0 aliphatic carbocycles. The lowest BCUT2D eigenvalue weighted by Crippen LogP contribution is -2.41. The summed E-state index contributed by atoms with van der Waals surface area (Å²) < 4.78 is 25.9. The molecule has 1 nitrogen and oxygen atoms in total. The van der Waals surface area contributed by atoms with E-state index in [1.807, 2.05) is 0 Å². The third-order valence-corrected chi connectivity index (χ3v) is 9.93. The Morgan fingerprint density at radius 1 is 0.909 bits per heavy atom. The van der Waals surface area contributed by atoms with Gasteiger partial charge in [-0.15, -0.1) is 0 Å². The second kappa shape index (κ2) is 8.78. The van der Waals surface area contributed by atoms with Gasteiger partial charge in [-0.05, 0) is 47.7 Å². The van der Waals surface area contributed by atoms with Gasteiger partial charge in [0, 0.05) is 0 Å². The van der Waals surface area contributed by atoms with Crippen molar-refractivity contribution in [1.29, 1.82) is 0 Å². The van der Waals surface area contributed by atoms with Crippen LogP contribution in [0.1, 0.15) is 58.9 Å². The van der Waals surface area contributed by atoms with Crippen molar-refractivity contribution in [3.63, 3.8) is 0 Å². The fourth-order valence-electron chi connectivity index (χ4n) is 3.03. The first-order chi connectivity index (χ1) is 10.3. The van der Waals surface area contributed by atoms with E-state index in [9.17, 15) is 13.6 Å². The van der Waals surface area contributed by atoms with Gasteiger partial charge in [0.25, 0.3) is 0 Å². The first kappa shape index (κ1) is 19.3. The van der Waals surface area contributed by atoms with Crippen LogP contribution in [-0.4, -0.2) is 13.1 Å². The molecule has 1 aromatic rings. The minimum absolute atomic E-state index is 0.398. The quantitative estimate of drug-likeness (QED) is 0.447. The van der Waals surface area contributed by atoms with Gasteiger partial charge in [-0.2, -0.15) is 0 Å². The lowest BCUT2D eigenvalue weighted by molar-refractivity contribution is 0.482. The van der Waals surface area contributed by atoms with Crippen molar-refractivity contribution in [2.24, 2.45) is 0 Å². The summed E-state index contributed by atoms with van der Waals surface area (Å²) >= 11 is 0. The predicted molar refractivity (Wildman–Crippen MR) is 91.5 cm³/mol. The van der Waals surface area contributed by atoms with Crippen molar-refractivity contribution < 1.29 is 13.6 Å². The largest absolute Gasteiger partial charge is 0.431 e. The molecule has 0 saturated carbocycles. The lowest BCUT2D eigenvalue weighted by Gasteiger charge is -2.33. The molecule has 0 radical (unpaired) electrons. The topological polar surface area (TPSA) is 20.2 Å². The summed E-state index contributed by atoms with van der Waals surface area (Å²) in [5.74, 6) is -1.54. The maximum absolute atomic E-state index is 13.1. The van der Waals surface area contributed by atoms with Crippen LogP contribution in [0, 0.1) is 11.6 Å². The van der Waals surface area contributed by atoms with E-state index < -0.39 is 20.0 Å². The summed E-state index contributed by atoms with van der Waals surface area (Å²) in [7, 11) is -2.13. The summed E-state index contributed by atoms with van der Waals surface area (Å²) in [5, 5.41) is 0. The van der Waals surface area contributed by atoms with Crippen molar-refractivity contribution in [1.82, 2.24) is 0 Å². The highest BCUT2D eigenvalue weighted by atomic mass is 28.4. The van der Waals surface area contributed by atoms with Gasteiger partial charge >= 0.3 is 0 Å². The SMILES string of the molecule is CC(C)[Si](O)(CCCCCCc1ccc(F)c(F)c1)C(C)C. The Balaban J connectivity index is 2.27. The molecule has 0 aromatic heterocycles. The summed E-state index contributed by atoms with van der Waals surface area (Å²) in [5.41, 5.74) is 1.65. The van der Waals surface area contributed by atoms with Crippen LogP contribution in [0.4, 0.5) is 8.78 Å². The molecule has 1 rings (SSSR count). The molecule has 0 heterocycles. The molecule has 0 spiro atoms. The maximum atomic E-state index is 13.1. The number of benzene rings is 1. The Morgan fingerprint density at radius 3 is 2.05 bits per heavy atom. The highest BCUT2D eigenvalue weighted by molar-refractivity contribution is 6.75. The van der Waals surface area contributed by atoms with Gasteiger partial charge in [-0.3, -0.25) is 0 Å². The number of halogens is 2. The fourth-order valence-corrected chi connectivity index (χ4v) is 6.33. The van der Waals surface area contributed by atoms with Gasteiger partial charge < -0.3 is 4.80 Å². The molecule has 0 aliphatic heterocycles. The summed E-state index contributed by atoms with van der Waals surface area (Å²) in [6.07, 6.45) is 5.00. The predicted octanol–water partition coefficient (Wildman–Crippen LogP) is 5.83. The van der Waals surface area contributed by atoms with Crippen LogP contribution in [0.5, 0.6) is 0 Å². The normalized spacial score (nSPS) is 12.4. The van der Waals surface area contributed by atoms with Crippen molar-refractivity contribution >= 4 is 8.32 Å². The van der Waals surface area contributed by atoms with Gasteiger partial charge in [0.05, 0.1) is 0 Å². The Hall–Kier alpha value is -0.743. The van der Waals surface area contributed by atoms with Gasteiger partial charge in [0.2, 0.25) is 0 Å². The Bertz CT molecular complexity index is 452. The second-order valence-corrected chi connectivity index (χ2v) is 11.8. The van der Waals surface area contributed by atoms with Crippen LogP contribution in [-0.2, 0) is 6.42 Å². The fraction of sp³-hybridized carbons (Fsp3) is 0.667. The molecule has 4 heteroatoms. The third-order valence-electron chi connectivity index (χ3n) is 4.78. The zero-order valence-electron chi connectivity index (χ0n) is 14.3. The summed E-state index contributed by atoms with van der Waals surface area (Å²) in [4.78, 5) is 10.8. The van der Waals surface area contributed by atoms with Gasteiger partial charge in [0.1, 0.15) is 0 Å². The van der Waals surface area contributed by atoms with Gasteiger partial charge in [0.15, 0.2) is 20.0 Å². The van der Waals surface area contributed by atoms with E-state index in [2.05, 4.69) is 27.7 Å². The average molecular weight is 329 g/mol. The molecular formula is C18H30F2OSi. The zero-order valence-corrected chi connectivity index (χ0v) is 15.3. The van der Waals surface area contributed by atoms with E-state index in [0.717, 1.165) is 43.7 Å². The number of unbranched alkanes of at least 4 members (excludes halogenated alkanes) is 3. The highest BCUT2D eigenvalue weighted by Crippen LogP contribution is 2.34. The molecule has 0 saturated heterocycles. The van der Waals surface area contributed by atoms with Gasteiger partial charge in [-0.1, -0.05) is 53.0 Å². The average Bonchev–Trinajstić information content (AvgIpc) is 2.45. The van der Waals surface area contributed by atoms with Crippen LogP contribution in [0.2, 0.25) is 17.1 Å². The van der Waals surface area contributed by atoms with E-state index in [0.29, 0.717) is 11.1 Å². The van der Waals surface area contributed by atoms with Crippen molar-refractivity contribution in [3.05, 3.63) is 35.4 Å². The molecule has 22 heavy (non-hydrogen) atoms. The van der Waals surface area contributed by atoms with Crippen LogP contribution >= 0.6 is 0 Å². The molecule has 1 aromatic carbocycles. The van der Waals surface area contributed by atoms with Crippen LogP contribution in [0.3, 0.4) is 0 Å². The van der Waals surface area contributed by atoms with Gasteiger partial charge in [-0.25, -0.2) is 8.78 Å². The molecule has 0 bridgehead atoms. The van der Waals surface area contributed by atoms with Crippen LogP contribution in [0.15, 0.2) is 18.2 Å². The van der Waals surface area contributed by atoms with Crippen molar-refractivity contribution in [3.8, 4) is 0 Å². The standard InChI is InChI=1S/C18H30F2OSi/c1-14(2)22(21,15(3)4)12-8-6-5-7-9-16-10-11-17(19)18(20)13-16/h10-11,13-15,21H,5-9,12H2,1-4H3. The number of hydrogen-bond acceptors (Lipinski definition) is 1. The summed E-state index contributed by atoms with van der Waals surface area (Å²) in [6, 6.07) is 5.11. The van der Waals surface area contributed by atoms with E-state index in [4.69, 9.17) is 0 Å². The number of hydrogen-bond donors (Lipinski definition) is 1. The zero-order chi connectivity index (χ0) is 16.8. The van der Waals surface area contributed by atoms with E-state index in [-0.39, 0.29) is 0 Å². The monoisotopic (exact) mass is 328 g/mol. The minimum Gasteiger partial charge on any atom is -0.431 e. The summed E-state index contributed by atoms with van der Waals surface area (Å²) in [6.45, 7) is 8.54. The molecular weight excluding hydrogens is 298 g/mol. The Kier molecular flexibility index (Phi) is 7.70.